The predicted molar refractivity (Wildman–Crippen MR) is 145 cm³/mol. The molecular formula is C28H29N7O. The lowest BCUT2D eigenvalue weighted by Crippen LogP contribution is -2.36. The van der Waals surface area contributed by atoms with E-state index >= 15 is 0 Å². The zero-order valence-corrected chi connectivity index (χ0v) is 20.2. The van der Waals surface area contributed by atoms with Crippen molar-refractivity contribution in [1.82, 2.24) is 19.9 Å². The summed E-state index contributed by atoms with van der Waals surface area (Å²) in [5, 5.41) is 10.5. The first kappa shape index (κ1) is 23.4. The minimum atomic E-state index is -0.250. The summed E-state index contributed by atoms with van der Waals surface area (Å²) in [7, 11) is 2.16. The largest absolute Gasteiger partial charge is 0.367 e. The first-order valence-corrected chi connectivity index (χ1v) is 12.1. The Balaban J connectivity index is 1.35. The molecule has 8 nitrogen and oxygen atoms in total. The van der Waals surface area contributed by atoms with Gasteiger partial charge in [-0.1, -0.05) is 36.9 Å². The second kappa shape index (κ2) is 10.5. The molecule has 8 heteroatoms. The van der Waals surface area contributed by atoms with Crippen molar-refractivity contribution in [2.24, 2.45) is 0 Å². The lowest BCUT2D eigenvalue weighted by Gasteiger charge is -2.29. The number of fused-ring (bicyclic) bond motifs is 1. The fraction of sp³-hybridized carbons (Fsp3) is 0.214. The second-order valence-corrected chi connectivity index (χ2v) is 8.99. The molecule has 5 rings (SSSR count). The number of piperidine rings is 1. The fourth-order valence-corrected chi connectivity index (χ4v) is 4.35. The van der Waals surface area contributed by atoms with E-state index in [0.717, 1.165) is 59.5 Å². The predicted octanol–water partition coefficient (Wildman–Crippen LogP) is 5.07. The molecule has 1 saturated heterocycles. The van der Waals surface area contributed by atoms with Crippen LogP contribution in [0.5, 0.6) is 0 Å². The molecule has 1 aliphatic rings. The van der Waals surface area contributed by atoms with E-state index < -0.39 is 0 Å². The number of aromatic nitrogens is 3. The topological polar surface area (TPSA) is 95.1 Å². The molecule has 0 unspecified atom stereocenters. The maximum absolute atomic E-state index is 11.7. The molecule has 0 aliphatic carbocycles. The van der Waals surface area contributed by atoms with Gasteiger partial charge in [0.1, 0.15) is 5.82 Å². The quantitative estimate of drug-likeness (QED) is 0.319. The molecule has 1 aliphatic heterocycles. The van der Waals surface area contributed by atoms with Crippen molar-refractivity contribution in [1.29, 1.82) is 0 Å². The maximum Gasteiger partial charge on any atom is 0.247 e. The molecule has 0 bridgehead atoms. The highest BCUT2D eigenvalue weighted by Gasteiger charge is 2.16. The molecule has 0 radical (unpaired) electrons. The molecule has 4 aromatic rings. The van der Waals surface area contributed by atoms with Crippen molar-refractivity contribution in [2.75, 3.05) is 36.1 Å². The van der Waals surface area contributed by atoms with Crippen LogP contribution in [0.15, 0.2) is 79.6 Å². The third kappa shape index (κ3) is 5.50. The smallest absolute Gasteiger partial charge is 0.247 e. The number of amides is 1. The van der Waals surface area contributed by atoms with Gasteiger partial charge >= 0.3 is 0 Å². The van der Waals surface area contributed by atoms with Crippen LogP contribution in [0.4, 0.5) is 23.1 Å². The number of nitrogens with zero attached hydrogens (tertiary/aromatic N) is 4. The van der Waals surface area contributed by atoms with E-state index in [1.807, 2.05) is 54.6 Å². The Labute approximate surface area is 210 Å². The van der Waals surface area contributed by atoms with Gasteiger partial charge in [0.25, 0.3) is 0 Å². The zero-order valence-electron chi connectivity index (χ0n) is 20.2. The van der Waals surface area contributed by atoms with Gasteiger partial charge in [-0.25, -0.2) is 15.0 Å². The number of pyridine rings is 1. The highest BCUT2D eigenvalue weighted by Crippen LogP contribution is 2.30. The minimum Gasteiger partial charge on any atom is -0.367 e. The number of anilines is 4. The van der Waals surface area contributed by atoms with Crippen molar-refractivity contribution in [2.45, 2.75) is 18.9 Å². The summed E-state index contributed by atoms with van der Waals surface area (Å²) in [5.74, 6) is 1.11. The molecular weight excluding hydrogens is 450 g/mol. The summed E-state index contributed by atoms with van der Waals surface area (Å²) >= 11 is 0. The summed E-state index contributed by atoms with van der Waals surface area (Å²) in [6, 6.07) is 18.1. The van der Waals surface area contributed by atoms with Crippen molar-refractivity contribution in [3.8, 4) is 11.1 Å². The number of hydrogen-bond acceptors (Lipinski definition) is 7. The van der Waals surface area contributed by atoms with E-state index in [1.54, 1.807) is 12.4 Å². The van der Waals surface area contributed by atoms with E-state index in [9.17, 15) is 4.79 Å². The lowest BCUT2D eigenvalue weighted by molar-refractivity contribution is -0.111. The number of carbonyl (C=O) groups is 1. The van der Waals surface area contributed by atoms with Gasteiger partial charge in [0.2, 0.25) is 11.9 Å². The second-order valence-electron chi connectivity index (χ2n) is 8.99. The van der Waals surface area contributed by atoms with Crippen LogP contribution in [0.3, 0.4) is 0 Å². The van der Waals surface area contributed by atoms with Crippen LogP contribution in [-0.2, 0) is 4.79 Å². The van der Waals surface area contributed by atoms with Gasteiger partial charge in [0.05, 0.1) is 17.4 Å². The van der Waals surface area contributed by atoms with Crippen LogP contribution in [-0.4, -0.2) is 51.9 Å². The van der Waals surface area contributed by atoms with Gasteiger partial charge in [-0.2, -0.15) is 0 Å². The number of likely N-dealkylation sites (tertiary alicyclic amines) is 1. The normalized spacial score (nSPS) is 14.4. The average molecular weight is 480 g/mol. The summed E-state index contributed by atoms with van der Waals surface area (Å²) in [5.41, 5.74) is 4.22. The van der Waals surface area contributed by atoms with Gasteiger partial charge in [-0.05, 0) is 68.9 Å². The molecule has 1 amide bonds. The van der Waals surface area contributed by atoms with Crippen molar-refractivity contribution < 1.29 is 4.79 Å². The highest BCUT2D eigenvalue weighted by atomic mass is 16.1. The third-order valence-corrected chi connectivity index (χ3v) is 6.33. The molecule has 0 atom stereocenters. The Hall–Kier alpha value is -4.30. The summed E-state index contributed by atoms with van der Waals surface area (Å²) < 4.78 is 0. The number of hydrogen-bond donors (Lipinski definition) is 3. The van der Waals surface area contributed by atoms with Crippen LogP contribution < -0.4 is 16.0 Å². The average Bonchev–Trinajstić information content (AvgIpc) is 2.91. The van der Waals surface area contributed by atoms with Gasteiger partial charge in [0, 0.05) is 28.9 Å². The summed E-state index contributed by atoms with van der Waals surface area (Å²) in [6.07, 6.45) is 7.09. The standard InChI is InChI=1S/C28H29N7O/c1-3-26(36)32-22-8-4-6-19(16-22)24-9-5-7-20-17-30-28(34-27(20)24)33-23-10-11-25(29-18-23)31-21-12-14-35(2)15-13-21/h3-11,16-18,21H,1,12-15H2,2H3,(H,29,31)(H,32,36)(H,30,33,34). The van der Waals surface area contributed by atoms with Crippen LogP contribution in [0.25, 0.3) is 22.0 Å². The SMILES string of the molecule is C=CC(=O)Nc1cccc(-c2cccc3cnc(Nc4ccc(NC5CCN(C)CC5)nc4)nc23)c1. The van der Waals surface area contributed by atoms with E-state index in [1.165, 1.54) is 6.08 Å². The molecule has 2 aromatic heterocycles. The Morgan fingerprint density at radius 1 is 1.03 bits per heavy atom. The molecule has 2 aromatic carbocycles. The van der Waals surface area contributed by atoms with Crippen molar-refractivity contribution in [3.63, 3.8) is 0 Å². The van der Waals surface area contributed by atoms with Crippen LogP contribution in [0.2, 0.25) is 0 Å². The molecule has 182 valence electrons. The first-order valence-electron chi connectivity index (χ1n) is 12.1. The first-order chi connectivity index (χ1) is 17.6. The van der Waals surface area contributed by atoms with Crippen LogP contribution >= 0.6 is 0 Å². The van der Waals surface area contributed by atoms with Crippen LogP contribution in [0.1, 0.15) is 12.8 Å². The van der Waals surface area contributed by atoms with E-state index in [2.05, 4.69) is 44.4 Å². The Morgan fingerprint density at radius 3 is 2.64 bits per heavy atom. The Morgan fingerprint density at radius 2 is 1.86 bits per heavy atom. The molecule has 3 heterocycles. The molecule has 3 N–H and O–H groups in total. The summed E-state index contributed by atoms with van der Waals surface area (Å²) in [4.78, 5) is 27.9. The summed E-state index contributed by atoms with van der Waals surface area (Å²) in [6.45, 7) is 5.72. The highest BCUT2D eigenvalue weighted by molar-refractivity contribution is 6.00. The van der Waals surface area contributed by atoms with Gasteiger partial charge in [-0.3, -0.25) is 4.79 Å². The monoisotopic (exact) mass is 479 g/mol. The van der Waals surface area contributed by atoms with E-state index in [4.69, 9.17) is 4.98 Å². The number of para-hydroxylation sites is 1. The van der Waals surface area contributed by atoms with Gasteiger partial charge in [0.15, 0.2) is 0 Å². The fourth-order valence-electron chi connectivity index (χ4n) is 4.35. The molecule has 0 saturated carbocycles. The number of carbonyl (C=O) groups excluding carboxylic acids is 1. The number of nitrogens with one attached hydrogen (secondary N) is 3. The van der Waals surface area contributed by atoms with Crippen molar-refractivity contribution >= 4 is 40.0 Å². The van der Waals surface area contributed by atoms with Gasteiger partial charge < -0.3 is 20.9 Å². The molecule has 0 spiro atoms. The minimum absolute atomic E-state index is 0.250. The van der Waals surface area contributed by atoms with Gasteiger partial charge in [-0.15, -0.1) is 0 Å². The number of rotatable bonds is 7. The van der Waals surface area contributed by atoms with E-state index in [-0.39, 0.29) is 5.91 Å². The van der Waals surface area contributed by atoms with Crippen LogP contribution in [0, 0.1) is 0 Å². The zero-order chi connectivity index (χ0) is 24.9. The Bertz CT molecular complexity index is 1380. The Kier molecular flexibility index (Phi) is 6.86. The van der Waals surface area contributed by atoms with Crippen molar-refractivity contribution in [3.05, 3.63) is 79.6 Å². The maximum atomic E-state index is 11.7. The molecule has 1 fully saturated rings. The van der Waals surface area contributed by atoms with E-state index in [0.29, 0.717) is 17.7 Å². The third-order valence-electron chi connectivity index (χ3n) is 6.33. The lowest BCUT2D eigenvalue weighted by atomic mass is 10.0. The number of benzene rings is 2. The molecule has 36 heavy (non-hydrogen) atoms.